The summed E-state index contributed by atoms with van der Waals surface area (Å²) in [6.07, 6.45) is -1.45. The Labute approximate surface area is 256 Å². The lowest BCUT2D eigenvalue weighted by molar-refractivity contribution is -0.147. The molecule has 1 saturated heterocycles. The molecule has 0 bridgehead atoms. The third kappa shape index (κ3) is 7.09. The molecule has 4 rings (SSSR count). The van der Waals surface area contributed by atoms with Gasteiger partial charge in [0.2, 0.25) is 5.91 Å². The topological polar surface area (TPSA) is 125 Å². The number of aryl methyl sites for hydroxylation is 2. The van der Waals surface area contributed by atoms with Crippen LogP contribution in [0.25, 0.3) is 0 Å². The van der Waals surface area contributed by atoms with E-state index in [1.807, 2.05) is 76.2 Å². The molecule has 5 N–H and O–H groups in total. The molecule has 1 aliphatic heterocycles. The molecule has 3 atom stereocenters. The zero-order valence-electron chi connectivity index (χ0n) is 24.2. The van der Waals surface area contributed by atoms with E-state index in [1.54, 1.807) is 12.1 Å². The van der Waals surface area contributed by atoms with E-state index in [9.17, 15) is 19.5 Å². The molecule has 3 aromatic carbocycles. The number of aliphatic hydroxyl groups excluding tert-OH is 1. The van der Waals surface area contributed by atoms with Gasteiger partial charge in [0, 0.05) is 11.3 Å². The van der Waals surface area contributed by atoms with Gasteiger partial charge in [0.25, 0.3) is 11.8 Å². The van der Waals surface area contributed by atoms with Crippen LogP contribution < -0.4 is 16.4 Å². The van der Waals surface area contributed by atoms with E-state index in [0.29, 0.717) is 6.54 Å². The van der Waals surface area contributed by atoms with Crippen molar-refractivity contribution in [3.63, 3.8) is 0 Å². The lowest BCUT2D eigenvalue weighted by atomic mass is 9.96. The van der Waals surface area contributed by atoms with Gasteiger partial charge in [-0.3, -0.25) is 14.4 Å². The van der Waals surface area contributed by atoms with E-state index in [-0.39, 0.29) is 34.5 Å². The Hall–Kier alpha value is -3.53. The number of halogens is 1. The normalized spacial score (nSPS) is 17.4. The molecule has 222 valence electrons. The van der Waals surface area contributed by atoms with Gasteiger partial charge in [0.15, 0.2) is 6.10 Å². The number of carbonyl (C=O) groups excluding carboxylic acids is 3. The minimum atomic E-state index is -1.63. The van der Waals surface area contributed by atoms with Crippen molar-refractivity contribution in [1.29, 1.82) is 0 Å². The van der Waals surface area contributed by atoms with Crippen molar-refractivity contribution in [3.8, 4) is 0 Å². The van der Waals surface area contributed by atoms with Crippen LogP contribution in [0.2, 0.25) is 5.02 Å². The standard InChI is InChI=1S/C32H37ClN4O4S/c1-19-12-14-21(15-13-19)16-25(36-29(39)23-10-7-11-24(34)26(23)33)27(38)31(41)37-18-42-32(3,4)28(37)30(40)35-17-22-9-6-5-8-20(22)2/h5-15,25,27-28,38H,16-18,34H2,1-4H3,(H,35,40)(H,36,39)/t25-,27-,28?/m0/s1. The van der Waals surface area contributed by atoms with E-state index in [1.165, 1.54) is 22.7 Å². The van der Waals surface area contributed by atoms with Gasteiger partial charge in [-0.05, 0) is 62.9 Å². The molecular formula is C32H37ClN4O4S. The highest BCUT2D eigenvalue weighted by Crippen LogP contribution is 2.40. The van der Waals surface area contributed by atoms with Crippen LogP contribution in [0.3, 0.4) is 0 Å². The fourth-order valence-corrected chi connectivity index (χ4v) is 6.39. The zero-order valence-corrected chi connectivity index (χ0v) is 25.8. The van der Waals surface area contributed by atoms with Gasteiger partial charge < -0.3 is 26.4 Å². The zero-order chi connectivity index (χ0) is 30.6. The van der Waals surface area contributed by atoms with Crippen LogP contribution >= 0.6 is 23.4 Å². The van der Waals surface area contributed by atoms with Crippen molar-refractivity contribution in [2.24, 2.45) is 0 Å². The van der Waals surface area contributed by atoms with Crippen LogP contribution in [0.15, 0.2) is 66.7 Å². The molecule has 1 aliphatic rings. The van der Waals surface area contributed by atoms with Crippen molar-refractivity contribution in [1.82, 2.24) is 15.5 Å². The lowest BCUT2D eigenvalue weighted by Crippen LogP contribution is -2.58. The first-order chi connectivity index (χ1) is 19.9. The number of carbonyl (C=O) groups is 3. The van der Waals surface area contributed by atoms with Crippen LogP contribution in [-0.4, -0.2) is 56.5 Å². The molecular weight excluding hydrogens is 572 g/mol. The van der Waals surface area contributed by atoms with E-state index >= 15 is 0 Å². The number of nitrogens with two attached hydrogens (primary N) is 1. The second-order valence-corrected chi connectivity index (χ2v) is 13.1. The molecule has 1 heterocycles. The summed E-state index contributed by atoms with van der Waals surface area (Å²) in [5.74, 6) is -1.29. The average Bonchev–Trinajstić information content (AvgIpc) is 3.28. The molecule has 0 aromatic heterocycles. The maximum Gasteiger partial charge on any atom is 0.254 e. The highest BCUT2D eigenvalue weighted by Gasteiger charge is 2.49. The Bertz CT molecular complexity index is 1460. The number of rotatable bonds is 9. The molecule has 0 spiro atoms. The number of amides is 3. The van der Waals surface area contributed by atoms with E-state index in [0.717, 1.165) is 22.3 Å². The van der Waals surface area contributed by atoms with Crippen LogP contribution in [-0.2, 0) is 22.6 Å². The van der Waals surface area contributed by atoms with E-state index in [4.69, 9.17) is 17.3 Å². The molecule has 10 heteroatoms. The van der Waals surface area contributed by atoms with Crippen molar-refractivity contribution >= 4 is 46.8 Å². The minimum absolute atomic E-state index is 0.0907. The van der Waals surface area contributed by atoms with Gasteiger partial charge in [0.1, 0.15) is 6.04 Å². The molecule has 0 radical (unpaired) electrons. The molecule has 1 unspecified atom stereocenters. The minimum Gasteiger partial charge on any atom is -0.398 e. The van der Waals surface area contributed by atoms with E-state index in [2.05, 4.69) is 10.6 Å². The van der Waals surface area contributed by atoms with Crippen LogP contribution in [0.4, 0.5) is 5.69 Å². The number of thioether (sulfide) groups is 1. The molecule has 0 saturated carbocycles. The van der Waals surface area contributed by atoms with Gasteiger partial charge in [-0.2, -0.15) is 0 Å². The monoisotopic (exact) mass is 608 g/mol. The van der Waals surface area contributed by atoms with E-state index < -0.39 is 34.7 Å². The first-order valence-corrected chi connectivity index (χ1v) is 15.1. The van der Waals surface area contributed by atoms with Crippen LogP contribution in [0, 0.1) is 13.8 Å². The van der Waals surface area contributed by atoms with Crippen LogP contribution in [0.1, 0.15) is 46.5 Å². The second kappa shape index (κ2) is 13.2. The van der Waals surface area contributed by atoms with Crippen LogP contribution in [0.5, 0.6) is 0 Å². The van der Waals surface area contributed by atoms with Gasteiger partial charge in [-0.1, -0.05) is 71.8 Å². The molecule has 0 aliphatic carbocycles. The predicted octanol–water partition coefficient (Wildman–Crippen LogP) is 4.24. The number of nitrogens with zero attached hydrogens (tertiary/aromatic N) is 1. The number of hydrogen-bond acceptors (Lipinski definition) is 6. The fourth-order valence-electron chi connectivity index (χ4n) is 5.03. The predicted molar refractivity (Wildman–Crippen MR) is 168 cm³/mol. The number of hydrogen-bond donors (Lipinski definition) is 4. The summed E-state index contributed by atoms with van der Waals surface area (Å²) >= 11 is 7.75. The Balaban J connectivity index is 1.57. The summed E-state index contributed by atoms with van der Waals surface area (Å²) in [4.78, 5) is 42.1. The summed E-state index contributed by atoms with van der Waals surface area (Å²) < 4.78 is -0.601. The Morgan fingerprint density at radius 2 is 1.76 bits per heavy atom. The maximum absolute atomic E-state index is 13.9. The number of nitrogens with one attached hydrogen (secondary N) is 2. The molecule has 8 nitrogen and oxygen atoms in total. The summed E-state index contributed by atoms with van der Waals surface area (Å²) in [6.45, 7) is 8.06. The molecule has 1 fully saturated rings. The molecule has 3 aromatic rings. The second-order valence-electron chi connectivity index (χ2n) is 11.2. The fraction of sp³-hybridized carbons (Fsp3) is 0.344. The smallest absolute Gasteiger partial charge is 0.254 e. The van der Waals surface area contributed by atoms with Crippen molar-refractivity contribution in [2.75, 3.05) is 11.6 Å². The third-order valence-electron chi connectivity index (χ3n) is 7.59. The summed E-state index contributed by atoms with van der Waals surface area (Å²) in [5, 5.41) is 17.4. The first kappa shape index (κ1) is 31.4. The summed E-state index contributed by atoms with van der Waals surface area (Å²) in [7, 11) is 0. The highest BCUT2D eigenvalue weighted by atomic mass is 35.5. The lowest BCUT2D eigenvalue weighted by Gasteiger charge is -2.33. The van der Waals surface area contributed by atoms with Gasteiger partial charge in [-0.25, -0.2) is 0 Å². The third-order valence-corrected chi connectivity index (χ3v) is 9.39. The SMILES string of the molecule is Cc1ccc(C[C@H](NC(=O)c2cccc(N)c2Cl)[C@H](O)C(=O)N2CSC(C)(C)C2C(=O)NCc2ccccc2C)cc1. The summed E-state index contributed by atoms with van der Waals surface area (Å²) in [6, 6.07) is 18.3. The maximum atomic E-state index is 13.9. The van der Waals surface area contributed by atoms with Crippen molar-refractivity contribution < 1.29 is 19.5 Å². The van der Waals surface area contributed by atoms with Gasteiger partial charge in [0.05, 0.1) is 28.2 Å². The largest absolute Gasteiger partial charge is 0.398 e. The highest BCUT2D eigenvalue weighted by molar-refractivity contribution is 8.00. The Morgan fingerprint density at radius 1 is 1.07 bits per heavy atom. The molecule has 42 heavy (non-hydrogen) atoms. The van der Waals surface area contributed by atoms with Gasteiger partial charge >= 0.3 is 0 Å². The van der Waals surface area contributed by atoms with Gasteiger partial charge in [-0.15, -0.1) is 11.8 Å². The first-order valence-electron chi connectivity index (χ1n) is 13.7. The molecule has 3 amide bonds. The Morgan fingerprint density at radius 3 is 2.45 bits per heavy atom. The van der Waals surface area contributed by atoms with Crippen molar-refractivity contribution in [3.05, 3.63) is 99.6 Å². The number of nitrogen functional groups attached to an aromatic ring is 1. The Kier molecular flexibility index (Phi) is 9.86. The summed E-state index contributed by atoms with van der Waals surface area (Å²) in [5.41, 5.74) is 10.2. The quantitative estimate of drug-likeness (QED) is 0.269. The van der Waals surface area contributed by atoms with Crippen molar-refractivity contribution in [2.45, 2.75) is 63.6 Å². The number of benzene rings is 3. The average molecular weight is 609 g/mol. The number of anilines is 1. The number of aliphatic hydroxyl groups is 1.